The summed E-state index contributed by atoms with van der Waals surface area (Å²) in [5.41, 5.74) is -0.298. The van der Waals surface area contributed by atoms with Gasteiger partial charge in [0.15, 0.2) is 5.82 Å². The van der Waals surface area contributed by atoms with Crippen LogP contribution in [-0.2, 0) is 7.05 Å². The second kappa shape index (κ2) is 3.84. The normalized spacial score (nSPS) is 10.7. The third-order valence-corrected chi connectivity index (χ3v) is 1.38. The van der Waals surface area contributed by atoms with Crippen molar-refractivity contribution >= 4 is 12.2 Å². The number of aryl methyl sites for hydroxylation is 1. The van der Waals surface area contributed by atoms with Crippen LogP contribution < -0.4 is 5.69 Å². The van der Waals surface area contributed by atoms with Gasteiger partial charge >= 0.3 is 5.69 Å². The molecule has 0 saturated carbocycles. The van der Waals surface area contributed by atoms with Crippen LogP contribution in [0.25, 0.3) is 0 Å². The quantitative estimate of drug-likeness (QED) is 0.475. The van der Waals surface area contributed by atoms with Crippen LogP contribution in [0, 0.1) is 0 Å². The molecule has 5 heteroatoms. The maximum Gasteiger partial charge on any atom is 0.349 e. The van der Waals surface area contributed by atoms with E-state index in [0.29, 0.717) is 5.82 Å². The van der Waals surface area contributed by atoms with Crippen molar-refractivity contribution in [2.45, 2.75) is 0 Å². The highest BCUT2D eigenvalue weighted by Gasteiger charge is 1.93. The van der Waals surface area contributed by atoms with Crippen LogP contribution in [0.15, 0.2) is 22.1 Å². The molecule has 0 aliphatic rings. The predicted octanol–water partition coefficient (Wildman–Crippen LogP) is 0.00170. The van der Waals surface area contributed by atoms with Crippen molar-refractivity contribution < 1.29 is 0 Å². The number of aliphatic imine (C=N–C) groups is 1. The lowest BCUT2D eigenvalue weighted by Gasteiger charge is -2.01. The van der Waals surface area contributed by atoms with E-state index < -0.39 is 0 Å². The molecule has 0 aliphatic carbocycles. The van der Waals surface area contributed by atoms with Crippen LogP contribution in [-0.4, -0.2) is 34.9 Å². The second-order valence-electron chi connectivity index (χ2n) is 2.89. The van der Waals surface area contributed by atoms with E-state index in [1.165, 1.54) is 4.57 Å². The standard InChI is InChI=1S/C8H12N4O/c1-11(2)6-9-7-4-5-12(3)8(13)10-7/h4-6H,1-3H3/b9-6-. The van der Waals surface area contributed by atoms with E-state index in [2.05, 4.69) is 9.98 Å². The fraction of sp³-hybridized carbons (Fsp3) is 0.375. The first-order valence-corrected chi connectivity index (χ1v) is 3.84. The summed E-state index contributed by atoms with van der Waals surface area (Å²) >= 11 is 0. The molecular formula is C8H12N4O. The molecule has 0 bridgehead atoms. The Morgan fingerprint density at radius 3 is 2.85 bits per heavy atom. The Morgan fingerprint density at radius 1 is 1.62 bits per heavy atom. The van der Waals surface area contributed by atoms with Gasteiger partial charge in [0.25, 0.3) is 0 Å². The van der Waals surface area contributed by atoms with Crippen molar-refractivity contribution in [3.05, 3.63) is 22.7 Å². The highest BCUT2D eigenvalue weighted by molar-refractivity contribution is 5.58. The monoisotopic (exact) mass is 180 g/mol. The summed E-state index contributed by atoms with van der Waals surface area (Å²) in [5, 5.41) is 0. The van der Waals surface area contributed by atoms with E-state index in [0.717, 1.165) is 0 Å². The maximum atomic E-state index is 11.0. The molecule has 5 nitrogen and oxygen atoms in total. The zero-order chi connectivity index (χ0) is 9.84. The average Bonchev–Trinajstić information content (AvgIpc) is 2.07. The molecule has 0 atom stereocenters. The van der Waals surface area contributed by atoms with Gasteiger partial charge in [-0.1, -0.05) is 0 Å². The van der Waals surface area contributed by atoms with Gasteiger partial charge in [-0.3, -0.25) is 0 Å². The van der Waals surface area contributed by atoms with Crippen LogP contribution in [0.2, 0.25) is 0 Å². The third kappa shape index (κ3) is 2.70. The minimum atomic E-state index is -0.298. The van der Waals surface area contributed by atoms with Crippen LogP contribution in [0.4, 0.5) is 5.82 Å². The zero-order valence-corrected chi connectivity index (χ0v) is 7.93. The fourth-order valence-corrected chi connectivity index (χ4v) is 0.703. The van der Waals surface area contributed by atoms with E-state index in [9.17, 15) is 4.79 Å². The third-order valence-electron chi connectivity index (χ3n) is 1.38. The Hall–Kier alpha value is -1.65. The van der Waals surface area contributed by atoms with Gasteiger partial charge in [-0.25, -0.2) is 9.79 Å². The fourth-order valence-electron chi connectivity index (χ4n) is 0.703. The molecule has 0 saturated heterocycles. The minimum absolute atomic E-state index is 0.298. The van der Waals surface area contributed by atoms with Crippen molar-refractivity contribution in [3.8, 4) is 0 Å². The molecule has 0 radical (unpaired) electrons. The van der Waals surface area contributed by atoms with Crippen molar-refractivity contribution in [1.82, 2.24) is 14.5 Å². The molecule has 0 aliphatic heterocycles. The highest BCUT2D eigenvalue weighted by Crippen LogP contribution is 2.00. The lowest BCUT2D eigenvalue weighted by atomic mass is 10.6. The Bertz CT molecular complexity index is 367. The molecule has 0 fully saturated rings. The summed E-state index contributed by atoms with van der Waals surface area (Å²) in [4.78, 5) is 20.5. The molecule has 0 unspecified atom stereocenters. The van der Waals surface area contributed by atoms with Crippen molar-refractivity contribution in [2.75, 3.05) is 14.1 Å². The number of hydrogen-bond donors (Lipinski definition) is 0. The van der Waals surface area contributed by atoms with Gasteiger partial charge in [0.05, 0.1) is 6.34 Å². The van der Waals surface area contributed by atoms with Crippen molar-refractivity contribution in [1.29, 1.82) is 0 Å². The van der Waals surface area contributed by atoms with Crippen LogP contribution >= 0.6 is 0 Å². The SMILES string of the molecule is CN(C)/C=N\c1ccn(C)c(=O)n1. The van der Waals surface area contributed by atoms with Gasteiger partial charge < -0.3 is 9.47 Å². The second-order valence-corrected chi connectivity index (χ2v) is 2.89. The largest absolute Gasteiger partial charge is 0.369 e. The lowest BCUT2D eigenvalue weighted by Crippen LogP contribution is -2.18. The first-order valence-electron chi connectivity index (χ1n) is 3.84. The summed E-state index contributed by atoms with van der Waals surface area (Å²) in [6, 6.07) is 1.68. The smallest absolute Gasteiger partial charge is 0.349 e. The van der Waals surface area contributed by atoms with Crippen molar-refractivity contribution in [3.63, 3.8) is 0 Å². The topological polar surface area (TPSA) is 50.5 Å². The molecule has 0 N–H and O–H groups in total. The lowest BCUT2D eigenvalue weighted by molar-refractivity contribution is 0.642. The molecule has 0 aromatic carbocycles. The van der Waals surface area contributed by atoms with Gasteiger partial charge in [0, 0.05) is 27.3 Å². The molecule has 70 valence electrons. The van der Waals surface area contributed by atoms with Gasteiger partial charge in [-0.15, -0.1) is 0 Å². The van der Waals surface area contributed by atoms with Gasteiger partial charge in [-0.2, -0.15) is 4.98 Å². The van der Waals surface area contributed by atoms with Crippen LogP contribution in [0.1, 0.15) is 0 Å². The number of rotatable bonds is 2. The Balaban J connectivity index is 2.92. The summed E-state index contributed by atoms with van der Waals surface area (Å²) in [5.74, 6) is 0.428. The zero-order valence-electron chi connectivity index (χ0n) is 7.93. The first kappa shape index (κ1) is 9.44. The molecule has 1 aromatic heterocycles. The van der Waals surface area contributed by atoms with Crippen LogP contribution in [0.5, 0.6) is 0 Å². The Kier molecular flexibility index (Phi) is 2.79. The molecule has 1 heterocycles. The molecule has 13 heavy (non-hydrogen) atoms. The Morgan fingerprint density at radius 2 is 2.31 bits per heavy atom. The molecule has 1 rings (SSSR count). The molecule has 0 spiro atoms. The average molecular weight is 180 g/mol. The van der Waals surface area contributed by atoms with E-state index >= 15 is 0 Å². The Labute approximate surface area is 76.4 Å². The molecule has 0 amide bonds. The van der Waals surface area contributed by atoms with Gasteiger partial charge in [0.2, 0.25) is 0 Å². The van der Waals surface area contributed by atoms with Crippen LogP contribution in [0.3, 0.4) is 0 Å². The highest BCUT2D eigenvalue weighted by atomic mass is 16.1. The molecular weight excluding hydrogens is 168 g/mol. The van der Waals surface area contributed by atoms with E-state index in [1.54, 1.807) is 30.5 Å². The summed E-state index contributed by atoms with van der Waals surface area (Å²) in [6.45, 7) is 0. The maximum absolute atomic E-state index is 11.0. The predicted molar refractivity (Wildman–Crippen MR) is 51.3 cm³/mol. The summed E-state index contributed by atoms with van der Waals surface area (Å²) < 4.78 is 1.40. The summed E-state index contributed by atoms with van der Waals surface area (Å²) in [7, 11) is 5.35. The van der Waals surface area contributed by atoms with Crippen molar-refractivity contribution in [2.24, 2.45) is 12.0 Å². The minimum Gasteiger partial charge on any atom is -0.369 e. The van der Waals surface area contributed by atoms with E-state index in [1.807, 2.05) is 14.1 Å². The number of hydrogen-bond acceptors (Lipinski definition) is 3. The van der Waals surface area contributed by atoms with Gasteiger partial charge in [0.1, 0.15) is 0 Å². The first-order chi connectivity index (χ1) is 6.09. The molecule has 1 aromatic rings. The summed E-state index contributed by atoms with van der Waals surface area (Å²) in [6.07, 6.45) is 3.24. The number of aromatic nitrogens is 2. The van der Waals surface area contributed by atoms with Gasteiger partial charge in [-0.05, 0) is 6.07 Å². The number of nitrogens with zero attached hydrogens (tertiary/aromatic N) is 4. The van der Waals surface area contributed by atoms with E-state index in [4.69, 9.17) is 0 Å². The van der Waals surface area contributed by atoms with E-state index in [-0.39, 0.29) is 5.69 Å².